The van der Waals surface area contributed by atoms with Gasteiger partial charge < -0.3 is 28.5 Å². The van der Waals surface area contributed by atoms with Crippen molar-refractivity contribution in [2.45, 2.75) is 39.7 Å². The summed E-state index contributed by atoms with van der Waals surface area (Å²) in [6.45, 7) is 7.70. The fourth-order valence-corrected chi connectivity index (χ4v) is 2.83. The van der Waals surface area contributed by atoms with Gasteiger partial charge >= 0.3 is 5.63 Å². The molecule has 1 unspecified atom stereocenters. The lowest BCUT2D eigenvalue weighted by atomic mass is 9.88. The van der Waals surface area contributed by atoms with Crippen LogP contribution in [-0.4, -0.2) is 37.8 Å². The molecule has 27 heavy (non-hydrogen) atoms. The fourth-order valence-electron chi connectivity index (χ4n) is 2.83. The van der Waals surface area contributed by atoms with Crippen molar-refractivity contribution < 1.29 is 28.5 Å². The van der Waals surface area contributed by atoms with Crippen molar-refractivity contribution in [2.75, 3.05) is 26.6 Å². The maximum Gasteiger partial charge on any atom is 0.383 e. The molecule has 0 amide bonds. The van der Waals surface area contributed by atoms with Crippen molar-refractivity contribution in [1.82, 2.24) is 0 Å². The van der Waals surface area contributed by atoms with Crippen LogP contribution in [0.3, 0.4) is 0 Å². The van der Waals surface area contributed by atoms with Gasteiger partial charge in [-0.1, -0.05) is 27.2 Å². The highest BCUT2D eigenvalue weighted by Gasteiger charge is 2.34. The lowest BCUT2D eigenvalue weighted by Gasteiger charge is -2.29. The molecular formula is C20H26O7. The number of fused-ring (bicyclic) bond motifs is 1. The van der Waals surface area contributed by atoms with E-state index < -0.39 is 5.63 Å². The first kappa shape index (κ1) is 19.5. The van der Waals surface area contributed by atoms with Crippen LogP contribution in [0.25, 0.3) is 11.0 Å². The Kier molecular flexibility index (Phi) is 5.92. The van der Waals surface area contributed by atoms with Crippen LogP contribution in [0.1, 0.15) is 33.6 Å². The highest BCUT2D eigenvalue weighted by Crippen LogP contribution is 2.35. The monoisotopic (exact) mass is 378 g/mol. The van der Waals surface area contributed by atoms with Gasteiger partial charge in [0.1, 0.15) is 18.1 Å². The average Bonchev–Trinajstić information content (AvgIpc) is 3.19. The number of rotatable bonds is 8. The smallest absolute Gasteiger partial charge is 0.383 e. The second-order valence-corrected chi connectivity index (χ2v) is 7.35. The van der Waals surface area contributed by atoms with Crippen molar-refractivity contribution in [3.05, 3.63) is 28.6 Å². The molecule has 0 aliphatic carbocycles. The molecule has 1 aliphatic heterocycles. The van der Waals surface area contributed by atoms with Gasteiger partial charge in [-0.15, -0.1) is 0 Å². The summed E-state index contributed by atoms with van der Waals surface area (Å²) in [6.07, 6.45) is 1.66. The molecule has 1 aromatic carbocycles. The van der Waals surface area contributed by atoms with E-state index in [1.165, 1.54) is 0 Å². The van der Waals surface area contributed by atoms with E-state index in [4.69, 9.17) is 23.4 Å². The lowest BCUT2D eigenvalue weighted by molar-refractivity contribution is -0.0140. The summed E-state index contributed by atoms with van der Waals surface area (Å²) in [5, 5.41) is 10.8. The average molecular weight is 378 g/mol. The number of unbranched alkanes of at least 4 members (excludes halogenated alkanes) is 1. The molecule has 0 radical (unpaired) electrons. The summed E-state index contributed by atoms with van der Waals surface area (Å²) in [4.78, 5) is 12.0. The first-order valence-corrected chi connectivity index (χ1v) is 9.17. The molecule has 1 fully saturated rings. The standard InChI is InChI=1S/C20H26O7/c1-4-5-8-24-18-17(21)14-9-13(6-7-15(14)27-19(18)22)25-11-20(2,3)16-10-23-12-26-16/h6-7,9,16,21H,4-5,8,10-12H2,1-3H3. The molecule has 1 saturated heterocycles. The number of hydrogen-bond acceptors (Lipinski definition) is 7. The topological polar surface area (TPSA) is 87.4 Å². The van der Waals surface area contributed by atoms with Gasteiger partial charge in [0.25, 0.3) is 0 Å². The van der Waals surface area contributed by atoms with Gasteiger partial charge in [0, 0.05) is 5.41 Å². The molecular weight excluding hydrogens is 352 g/mol. The van der Waals surface area contributed by atoms with Gasteiger partial charge in [-0.25, -0.2) is 4.79 Å². The summed E-state index contributed by atoms with van der Waals surface area (Å²) >= 11 is 0. The van der Waals surface area contributed by atoms with Crippen LogP contribution in [0, 0.1) is 5.41 Å². The third kappa shape index (κ3) is 4.36. The third-order valence-electron chi connectivity index (χ3n) is 4.66. The second kappa shape index (κ2) is 8.19. The zero-order valence-corrected chi connectivity index (χ0v) is 15.9. The fraction of sp³-hybridized carbons (Fsp3) is 0.550. The van der Waals surface area contributed by atoms with E-state index in [0.717, 1.165) is 12.8 Å². The Balaban J connectivity index is 1.80. The number of ether oxygens (including phenoxy) is 4. The largest absolute Gasteiger partial charge is 0.504 e. The molecule has 3 rings (SSSR count). The molecule has 7 heteroatoms. The highest BCUT2D eigenvalue weighted by atomic mass is 16.7. The summed E-state index contributed by atoms with van der Waals surface area (Å²) in [6, 6.07) is 4.94. The van der Waals surface area contributed by atoms with Gasteiger partial charge in [0.15, 0.2) is 5.75 Å². The van der Waals surface area contributed by atoms with Crippen LogP contribution < -0.4 is 15.1 Å². The Bertz CT molecular complexity index is 834. The minimum atomic E-state index is -0.690. The first-order chi connectivity index (χ1) is 12.9. The van der Waals surface area contributed by atoms with E-state index >= 15 is 0 Å². The quantitative estimate of drug-likeness (QED) is 0.556. The second-order valence-electron chi connectivity index (χ2n) is 7.35. The van der Waals surface area contributed by atoms with E-state index in [1.807, 2.05) is 20.8 Å². The van der Waals surface area contributed by atoms with Crippen molar-refractivity contribution in [3.63, 3.8) is 0 Å². The van der Waals surface area contributed by atoms with E-state index in [9.17, 15) is 9.90 Å². The Labute approximate surface area is 157 Å². The Morgan fingerprint density at radius 2 is 2.11 bits per heavy atom. The molecule has 2 aromatic rings. The van der Waals surface area contributed by atoms with Gasteiger partial charge in [0.2, 0.25) is 5.75 Å². The van der Waals surface area contributed by atoms with Crippen molar-refractivity contribution in [1.29, 1.82) is 0 Å². The minimum absolute atomic E-state index is 0.0389. The molecule has 1 atom stereocenters. The van der Waals surface area contributed by atoms with Crippen LogP contribution in [0.4, 0.5) is 0 Å². The Hall–Kier alpha value is -2.25. The van der Waals surface area contributed by atoms with E-state index in [2.05, 4.69) is 0 Å². The molecule has 0 bridgehead atoms. The molecule has 7 nitrogen and oxygen atoms in total. The molecule has 1 aliphatic rings. The summed E-state index contributed by atoms with van der Waals surface area (Å²) < 4.78 is 27.4. The van der Waals surface area contributed by atoms with E-state index in [1.54, 1.807) is 18.2 Å². The summed E-state index contributed by atoms with van der Waals surface area (Å²) in [7, 11) is 0. The third-order valence-corrected chi connectivity index (χ3v) is 4.66. The van der Waals surface area contributed by atoms with Gasteiger partial charge in [0.05, 0.1) is 31.3 Å². The molecule has 1 aromatic heterocycles. The predicted molar refractivity (Wildman–Crippen MR) is 99.5 cm³/mol. The van der Waals surface area contributed by atoms with Crippen molar-refractivity contribution >= 4 is 11.0 Å². The zero-order valence-electron chi connectivity index (χ0n) is 15.9. The Morgan fingerprint density at radius 3 is 2.81 bits per heavy atom. The number of hydrogen-bond donors (Lipinski definition) is 1. The first-order valence-electron chi connectivity index (χ1n) is 9.17. The number of benzene rings is 1. The van der Waals surface area contributed by atoms with Gasteiger partial charge in [-0.2, -0.15) is 0 Å². The lowest BCUT2D eigenvalue weighted by Crippen LogP contribution is -2.36. The molecule has 0 saturated carbocycles. The summed E-state index contributed by atoms with van der Waals surface area (Å²) in [5.41, 5.74) is -0.658. The van der Waals surface area contributed by atoms with Gasteiger partial charge in [-0.05, 0) is 24.6 Å². The maximum atomic E-state index is 12.0. The normalized spacial score (nSPS) is 17.4. The Morgan fingerprint density at radius 1 is 1.30 bits per heavy atom. The molecule has 148 valence electrons. The SMILES string of the molecule is CCCCOc1c(O)c2cc(OCC(C)(C)C3COCO3)ccc2oc1=O. The van der Waals surface area contributed by atoms with Crippen molar-refractivity contribution in [2.24, 2.45) is 5.41 Å². The van der Waals surface area contributed by atoms with Crippen LogP contribution in [0.15, 0.2) is 27.4 Å². The molecule has 1 N–H and O–H groups in total. The predicted octanol–water partition coefficient (Wildman–Crippen LogP) is 3.46. The van der Waals surface area contributed by atoms with E-state index in [-0.39, 0.29) is 28.6 Å². The van der Waals surface area contributed by atoms with Crippen molar-refractivity contribution in [3.8, 4) is 17.2 Å². The minimum Gasteiger partial charge on any atom is -0.504 e. The summed E-state index contributed by atoms with van der Waals surface area (Å²) in [5.74, 6) is 0.165. The van der Waals surface area contributed by atoms with Crippen LogP contribution in [-0.2, 0) is 9.47 Å². The van der Waals surface area contributed by atoms with Crippen LogP contribution >= 0.6 is 0 Å². The van der Waals surface area contributed by atoms with E-state index in [0.29, 0.717) is 37.7 Å². The molecule has 2 heterocycles. The zero-order chi connectivity index (χ0) is 19.4. The van der Waals surface area contributed by atoms with Crippen LogP contribution in [0.2, 0.25) is 0 Å². The van der Waals surface area contributed by atoms with Gasteiger partial charge in [-0.3, -0.25) is 0 Å². The number of aromatic hydroxyl groups is 1. The highest BCUT2D eigenvalue weighted by molar-refractivity contribution is 5.86. The maximum absolute atomic E-state index is 12.0. The van der Waals surface area contributed by atoms with Crippen LogP contribution in [0.5, 0.6) is 17.2 Å². The molecule has 0 spiro atoms.